The van der Waals surface area contributed by atoms with E-state index in [-0.39, 0.29) is 22.0 Å². The summed E-state index contributed by atoms with van der Waals surface area (Å²) in [4.78, 5) is 12.4. The molecule has 2 aliphatic heterocycles. The summed E-state index contributed by atoms with van der Waals surface area (Å²) in [5.41, 5.74) is 3.17. The Bertz CT molecular complexity index is 1570. The number of methoxy groups -OCH3 is 2. The highest BCUT2D eigenvalue weighted by Crippen LogP contribution is 2.52. The summed E-state index contributed by atoms with van der Waals surface area (Å²) in [6.07, 6.45) is 28.1. The summed E-state index contributed by atoms with van der Waals surface area (Å²) in [6, 6.07) is 17.0. The molecule has 0 N–H and O–H groups in total. The number of nitrogens with zero attached hydrogens (tertiary/aromatic N) is 2. The van der Waals surface area contributed by atoms with Gasteiger partial charge in [0.25, 0.3) is 0 Å². The van der Waals surface area contributed by atoms with Gasteiger partial charge in [0.1, 0.15) is 11.5 Å². The lowest BCUT2D eigenvalue weighted by atomic mass is 9.67. The van der Waals surface area contributed by atoms with E-state index in [0.29, 0.717) is 0 Å². The molecule has 8 heteroatoms. The molecule has 2 atom stereocenters. The molecule has 0 bridgehead atoms. The molecule has 6 heterocycles. The first-order valence-corrected chi connectivity index (χ1v) is 22.6. The van der Waals surface area contributed by atoms with Gasteiger partial charge < -0.3 is 18.9 Å². The standard InChI is InChI=1S/2C23H31NO2S/c2*1-25-19-10-17-27-20(19)8-2-4-11-22(21-9-3-7-15-24-21)14-16-26-23(18-22)12-5-6-13-23/h2*3,7,9-10,15,17H,2,4-6,8,11-14,16,18H2,1H3/t2*22-/m10/s1. The maximum atomic E-state index is 6.36. The summed E-state index contributed by atoms with van der Waals surface area (Å²) < 4.78 is 23.6. The molecular formula is C46H62N2O4S2. The lowest BCUT2D eigenvalue weighted by Gasteiger charge is -2.46. The molecule has 4 aromatic heterocycles. The van der Waals surface area contributed by atoms with Gasteiger partial charge in [-0.3, -0.25) is 9.97 Å². The average molecular weight is 771 g/mol. The Hall–Kier alpha value is -2.78. The van der Waals surface area contributed by atoms with Gasteiger partial charge in [-0.15, -0.1) is 22.7 Å². The second-order valence-electron chi connectivity index (χ2n) is 16.6. The SMILES string of the molecule is COc1ccsc1CCCC[C@@]1(c2ccccn2)CCOC2(CCCC2)C1.COc1ccsc1CCCC[C@]1(c2ccccn2)CCOC2(CCCC2)C1. The van der Waals surface area contributed by atoms with Crippen LogP contribution in [0, 0.1) is 0 Å². The summed E-state index contributed by atoms with van der Waals surface area (Å²) in [7, 11) is 3.54. The summed E-state index contributed by atoms with van der Waals surface area (Å²) >= 11 is 3.63. The van der Waals surface area contributed by atoms with Gasteiger partial charge in [0.2, 0.25) is 0 Å². The first-order valence-electron chi connectivity index (χ1n) is 20.8. The third-order valence-electron chi connectivity index (χ3n) is 13.2. The maximum Gasteiger partial charge on any atom is 0.132 e. The molecule has 2 saturated heterocycles. The largest absolute Gasteiger partial charge is 0.496 e. The lowest BCUT2D eigenvalue weighted by molar-refractivity contribution is -0.105. The second-order valence-corrected chi connectivity index (χ2v) is 18.6. The molecule has 0 radical (unpaired) electrons. The fourth-order valence-electron chi connectivity index (χ4n) is 10.5. The number of rotatable bonds is 14. The number of ether oxygens (including phenoxy) is 4. The van der Waals surface area contributed by atoms with Crippen LogP contribution < -0.4 is 9.47 Å². The highest BCUT2D eigenvalue weighted by atomic mass is 32.1. The van der Waals surface area contributed by atoms with E-state index in [1.165, 1.54) is 111 Å². The molecule has 0 amide bonds. The number of aromatic nitrogens is 2. The summed E-state index contributed by atoms with van der Waals surface area (Å²) in [5.74, 6) is 2.10. The zero-order chi connectivity index (χ0) is 37.2. The van der Waals surface area contributed by atoms with Crippen LogP contribution in [-0.4, -0.2) is 48.6 Å². The fourth-order valence-corrected chi connectivity index (χ4v) is 12.2. The van der Waals surface area contributed by atoms with E-state index < -0.39 is 0 Å². The predicted octanol–water partition coefficient (Wildman–Crippen LogP) is 11.9. The highest BCUT2D eigenvalue weighted by Gasteiger charge is 2.49. The normalized spacial score (nSPS) is 24.3. The van der Waals surface area contributed by atoms with Crippen LogP contribution in [0.4, 0.5) is 0 Å². The number of unbranched alkanes of at least 4 members (excludes halogenated alkanes) is 2. The zero-order valence-corrected chi connectivity index (χ0v) is 34.5. The van der Waals surface area contributed by atoms with E-state index in [9.17, 15) is 0 Å². The quantitative estimate of drug-likeness (QED) is 0.119. The van der Waals surface area contributed by atoms with Gasteiger partial charge in [0.05, 0.1) is 25.4 Å². The smallest absolute Gasteiger partial charge is 0.132 e. The number of hydrogen-bond acceptors (Lipinski definition) is 8. The highest BCUT2D eigenvalue weighted by molar-refractivity contribution is 7.10. The number of hydrogen-bond donors (Lipinski definition) is 0. The molecule has 2 saturated carbocycles. The van der Waals surface area contributed by atoms with E-state index in [1.807, 2.05) is 47.2 Å². The number of aryl methyl sites for hydroxylation is 2. The first-order chi connectivity index (χ1) is 26.5. The van der Waals surface area contributed by atoms with E-state index in [1.54, 1.807) is 14.2 Å². The van der Waals surface area contributed by atoms with Crippen molar-refractivity contribution in [2.24, 2.45) is 0 Å². The monoisotopic (exact) mass is 770 g/mol. The maximum absolute atomic E-state index is 6.36. The molecule has 54 heavy (non-hydrogen) atoms. The molecule has 4 aliphatic rings. The van der Waals surface area contributed by atoms with Crippen molar-refractivity contribution in [3.63, 3.8) is 0 Å². The Labute approximate surface area is 332 Å². The zero-order valence-electron chi connectivity index (χ0n) is 32.8. The van der Waals surface area contributed by atoms with Crippen LogP contribution in [0.2, 0.25) is 0 Å². The minimum absolute atomic E-state index is 0.118. The molecule has 4 aromatic rings. The van der Waals surface area contributed by atoms with Crippen LogP contribution in [-0.2, 0) is 33.1 Å². The third kappa shape index (κ3) is 9.25. The fraction of sp³-hybridized carbons (Fsp3) is 0.609. The van der Waals surface area contributed by atoms with Crippen LogP contribution >= 0.6 is 22.7 Å². The molecule has 0 unspecified atom stereocenters. The van der Waals surface area contributed by atoms with E-state index in [2.05, 4.69) is 47.2 Å². The molecule has 292 valence electrons. The number of thiophene rings is 2. The van der Waals surface area contributed by atoms with Gasteiger partial charge >= 0.3 is 0 Å². The van der Waals surface area contributed by atoms with Gasteiger partial charge in [-0.2, -0.15) is 0 Å². The Morgan fingerprint density at radius 3 is 1.41 bits per heavy atom. The molecule has 2 aliphatic carbocycles. The topological polar surface area (TPSA) is 62.7 Å². The van der Waals surface area contributed by atoms with Gasteiger partial charge in [-0.25, -0.2) is 0 Å². The summed E-state index contributed by atoms with van der Waals surface area (Å²) in [6.45, 7) is 1.77. The average Bonchev–Trinajstić information content (AvgIpc) is 4.06. The Kier molecular flexibility index (Phi) is 13.5. The molecular weight excluding hydrogens is 709 g/mol. The first kappa shape index (κ1) is 39.5. The second kappa shape index (κ2) is 18.4. The van der Waals surface area contributed by atoms with Crippen LogP contribution in [0.1, 0.15) is 137 Å². The lowest BCUT2D eigenvalue weighted by Crippen LogP contribution is -2.46. The van der Waals surface area contributed by atoms with Crippen molar-refractivity contribution in [1.82, 2.24) is 9.97 Å². The van der Waals surface area contributed by atoms with E-state index >= 15 is 0 Å². The van der Waals surface area contributed by atoms with E-state index in [4.69, 9.17) is 28.9 Å². The van der Waals surface area contributed by atoms with E-state index in [0.717, 1.165) is 63.2 Å². The molecule has 8 rings (SSSR count). The Morgan fingerprint density at radius 1 is 0.574 bits per heavy atom. The predicted molar refractivity (Wildman–Crippen MR) is 221 cm³/mol. The summed E-state index contributed by atoms with van der Waals surface area (Å²) in [5, 5.41) is 4.26. The van der Waals surface area contributed by atoms with Gasteiger partial charge in [-0.1, -0.05) is 50.7 Å². The van der Waals surface area contributed by atoms with Crippen LogP contribution in [0.3, 0.4) is 0 Å². The minimum Gasteiger partial charge on any atom is -0.496 e. The molecule has 4 fully saturated rings. The van der Waals surface area contributed by atoms with Crippen molar-refractivity contribution >= 4 is 22.7 Å². The molecule has 6 nitrogen and oxygen atoms in total. The minimum atomic E-state index is 0.118. The van der Waals surface area contributed by atoms with Crippen molar-refractivity contribution < 1.29 is 18.9 Å². The van der Waals surface area contributed by atoms with Crippen molar-refractivity contribution in [2.45, 2.75) is 150 Å². The number of pyridine rings is 2. The van der Waals surface area contributed by atoms with Gasteiger partial charge in [0, 0.05) is 57.6 Å². The van der Waals surface area contributed by atoms with Crippen molar-refractivity contribution in [3.8, 4) is 11.5 Å². The molecule has 2 spiro atoms. The van der Waals surface area contributed by atoms with Gasteiger partial charge in [0.15, 0.2) is 0 Å². The van der Waals surface area contributed by atoms with Crippen molar-refractivity contribution in [1.29, 1.82) is 0 Å². The van der Waals surface area contributed by atoms with Crippen LogP contribution in [0.15, 0.2) is 71.7 Å². The van der Waals surface area contributed by atoms with Crippen LogP contribution in [0.5, 0.6) is 11.5 Å². The third-order valence-corrected chi connectivity index (χ3v) is 15.1. The van der Waals surface area contributed by atoms with Crippen molar-refractivity contribution in [2.75, 3.05) is 27.4 Å². The van der Waals surface area contributed by atoms with Crippen LogP contribution in [0.25, 0.3) is 0 Å². The van der Waals surface area contributed by atoms with Crippen molar-refractivity contribution in [3.05, 3.63) is 92.8 Å². The molecule has 0 aromatic carbocycles. The Morgan fingerprint density at radius 2 is 1.02 bits per heavy atom. The van der Waals surface area contributed by atoms with Gasteiger partial charge in [-0.05, 0) is 137 Å². The Balaban J connectivity index is 0.000000167.